The van der Waals surface area contributed by atoms with Gasteiger partial charge in [-0.05, 0) is 42.4 Å². The highest BCUT2D eigenvalue weighted by atomic mass is 28.4. The molecule has 3 aliphatic heterocycles. The number of aliphatic hydroxyl groups excluding tert-OH is 2. The van der Waals surface area contributed by atoms with E-state index in [4.69, 9.17) is 13.9 Å². The highest BCUT2D eigenvalue weighted by Crippen LogP contribution is 2.38. The molecular formula is C30H36N2O9Si. The summed E-state index contributed by atoms with van der Waals surface area (Å²) in [7, 11) is -2.27. The minimum absolute atomic E-state index is 0.0537. The van der Waals surface area contributed by atoms with Crippen molar-refractivity contribution in [3.8, 4) is 0 Å². The van der Waals surface area contributed by atoms with Gasteiger partial charge in [0, 0.05) is 0 Å². The molecule has 0 spiro atoms. The largest absolute Gasteiger partial charge is 0.414 e. The fourth-order valence-electron chi connectivity index (χ4n) is 5.15. The SMILES string of the molecule is CC(C)(C)[Si](C)(C)OC[C@H]1O[C@H](OCCN2C(=O)c3ccccc3C2=O)[C@@H](N2C(=O)c3ccccc3C2=O)[C@@H](O)[C@@H]1O. The maximum Gasteiger partial charge on any atom is 0.262 e. The third-order valence-electron chi connectivity index (χ3n) is 8.68. The summed E-state index contributed by atoms with van der Waals surface area (Å²) in [6.07, 6.45) is -5.54. The number of carbonyl (C=O) groups is 4. The molecule has 11 nitrogen and oxygen atoms in total. The molecule has 3 aliphatic rings. The van der Waals surface area contributed by atoms with Crippen molar-refractivity contribution in [3.63, 3.8) is 0 Å². The van der Waals surface area contributed by atoms with Crippen LogP contribution in [0.5, 0.6) is 0 Å². The van der Waals surface area contributed by atoms with Gasteiger partial charge >= 0.3 is 0 Å². The Bertz CT molecular complexity index is 1350. The van der Waals surface area contributed by atoms with Crippen molar-refractivity contribution in [3.05, 3.63) is 70.8 Å². The number of carbonyl (C=O) groups excluding carboxylic acids is 4. The van der Waals surface area contributed by atoms with Gasteiger partial charge in [-0.2, -0.15) is 0 Å². The highest BCUT2D eigenvalue weighted by Gasteiger charge is 2.54. The van der Waals surface area contributed by atoms with Crippen molar-refractivity contribution in [2.75, 3.05) is 19.8 Å². The van der Waals surface area contributed by atoms with Crippen molar-refractivity contribution in [2.45, 2.75) is 69.5 Å². The van der Waals surface area contributed by atoms with Crippen LogP contribution in [0.1, 0.15) is 62.2 Å². The van der Waals surface area contributed by atoms with E-state index in [2.05, 4.69) is 20.8 Å². The van der Waals surface area contributed by atoms with Crippen LogP contribution < -0.4 is 0 Å². The predicted octanol–water partition coefficient (Wildman–Crippen LogP) is 2.43. The Morgan fingerprint density at radius 3 is 1.76 bits per heavy atom. The molecular weight excluding hydrogens is 560 g/mol. The van der Waals surface area contributed by atoms with Crippen LogP contribution >= 0.6 is 0 Å². The molecule has 0 bridgehead atoms. The summed E-state index contributed by atoms with van der Waals surface area (Å²) in [5.41, 5.74) is 0.915. The number of fused-ring (bicyclic) bond motifs is 2. The van der Waals surface area contributed by atoms with Gasteiger partial charge < -0.3 is 24.1 Å². The quantitative estimate of drug-likeness (QED) is 0.347. The smallest absolute Gasteiger partial charge is 0.262 e. The lowest BCUT2D eigenvalue weighted by atomic mass is 9.95. The summed E-state index contributed by atoms with van der Waals surface area (Å²) in [4.78, 5) is 54.2. The van der Waals surface area contributed by atoms with Crippen molar-refractivity contribution in [2.24, 2.45) is 0 Å². The zero-order valence-electron chi connectivity index (χ0n) is 24.3. The van der Waals surface area contributed by atoms with Crippen molar-refractivity contribution in [1.29, 1.82) is 0 Å². The molecule has 4 amide bonds. The van der Waals surface area contributed by atoms with Crippen molar-refractivity contribution >= 4 is 31.9 Å². The fraction of sp³-hybridized carbons (Fsp3) is 0.467. The summed E-state index contributed by atoms with van der Waals surface area (Å²) < 4.78 is 18.3. The van der Waals surface area contributed by atoms with Gasteiger partial charge in [0.05, 0.1) is 42.0 Å². The van der Waals surface area contributed by atoms with Crippen LogP contribution in [0.25, 0.3) is 0 Å². The Labute approximate surface area is 245 Å². The molecule has 0 saturated carbocycles. The molecule has 12 heteroatoms. The monoisotopic (exact) mass is 596 g/mol. The molecule has 5 atom stereocenters. The fourth-order valence-corrected chi connectivity index (χ4v) is 6.17. The zero-order chi connectivity index (χ0) is 30.6. The molecule has 1 saturated heterocycles. The van der Waals surface area contributed by atoms with Crippen LogP contribution in [-0.4, -0.2) is 102 Å². The lowest BCUT2D eigenvalue weighted by Gasteiger charge is -2.46. The number of rotatable bonds is 8. The molecule has 3 heterocycles. The van der Waals surface area contributed by atoms with E-state index in [1.807, 2.05) is 13.1 Å². The third kappa shape index (κ3) is 5.12. The topological polar surface area (TPSA) is 143 Å². The molecule has 224 valence electrons. The lowest BCUT2D eigenvalue weighted by molar-refractivity contribution is -0.278. The number of benzene rings is 2. The molecule has 2 aromatic carbocycles. The zero-order valence-corrected chi connectivity index (χ0v) is 25.3. The number of nitrogens with zero attached hydrogens (tertiary/aromatic N) is 2. The number of hydrogen-bond acceptors (Lipinski definition) is 9. The van der Waals surface area contributed by atoms with Gasteiger partial charge in [-0.3, -0.25) is 29.0 Å². The Morgan fingerprint density at radius 2 is 1.29 bits per heavy atom. The highest BCUT2D eigenvalue weighted by molar-refractivity contribution is 6.74. The Kier molecular flexibility index (Phi) is 7.98. The van der Waals surface area contributed by atoms with Crippen LogP contribution in [0, 0.1) is 0 Å². The summed E-state index contributed by atoms with van der Waals surface area (Å²) >= 11 is 0. The van der Waals surface area contributed by atoms with E-state index in [9.17, 15) is 29.4 Å². The number of aliphatic hydroxyl groups is 2. The number of ether oxygens (including phenoxy) is 2. The number of imide groups is 2. The normalized spacial score (nSPS) is 26.2. The molecule has 5 rings (SSSR count). The first-order valence-corrected chi connectivity index (χ1v) is 16.8. The minimum atomic E-state index is -2.27. The maximum atomic E-state index is 13.3. The maximum absolute atomic E-state index is 13.3. The minimum Gasteiger partial charge on any atom is -0.414 e. The molecule has 0 radical (unpaired) electrons. The van der Waals surface area contributed by atoms with Gasteiger partial charge in [0.25, 0.3) is 23.6 Å². The number of amides is 4. The molecule has 2 aromatic rings. The second kappa shape index (κ2) is 11.1. The van der Waals surface area contributed by atoms with Gasteiger partial charge in [0.15, 0.2) is 14.6 Å². The van der Waals surface area contributed by atoms with Crippen LogP contribution in [0.2, 0.25) is 18.1 Å². The van der Waals surface area contributed by atoms with E-state index in [1.165, 1.54) is 12.1 Å². The first-order chi connectivity index (χ1) is 19.7. The van der Waals surface area contributed by atoms with E-state index in [1.54, 1.807) is 36.4 Å². The molecule has 42 heavy (non-hydrogen) atoms. The van der Waals surface area contributed by atoms with E-state index in [-0.39, 0.29) is 35.9 Å². The Balaban J connectivity index is 1.37. The van der Waals surface area contributed by atoms with Crippen LogP contribution in [0.3, 0.4) is 0 Å². The van der Waals surface area contributed by atoms with E-state index in [0.29, 0.717) is 11.1 Å². The van der Waals surface area contributed by atoms with E-state index < -0.39 is 62.6 Å². The molecule has 0 aromatic heterocycles. The van der Waals surface area contributed by atoms with Crippen LogP contribution in [0.15, 0.2) is 48.5 Å². The summed E-state index contributed by atoms with van der Waals surface area (Å²) in [5.74, 6) is -2.23. The molecule has 0 unspecified atom stereocenters. The summed E-state index contributed by atoms with van der Waals surface area (Å²) in [6, 6.07) is 11.4. The first kappa shape index (κ1) is 30.2. The van der Waals surface area contributed by atoms with Gasteiger partial charge in [-0.25, -0.2) is 0 Å². The molecule has 2 N–H and O–H groups in total. The Morgan fingerprint density at radius 1 is 0.810 bits per heavy atom. The second-order valence-corrected chi connectivity index (χ2v) is 17.1. The van der Waals surface area contributed by atoms with Crippen LogP contribution in [0.4, 0.5) is 0 Å². The predicted molar refractivity (Wildman–Crippen MR) is 152 cm³/mol. The lowest BCUT2D eigenvalue weighted by Crippen LogP contribution is -2.66. The number of hydrogen-bond donors (Lipinski definition) is 2. The Hall–Kier alpha value is -3.26. The third-order valence-corrected chi connectivity index (χ3v) is 13.2. The van der Waals surface area contributed by atoms with Crippen molar-refractivity contribution < 1.29 is 43.3 Å². The van der Waals surface area contributed by atoms with Gasteiger partial charge in [-0.15, -0.1) is 0 Å². The first-order valence-electron chi connectivity index (χ1n) is 13.9. The van der Waals surface area contributed by atoms with Gasteiger partial charge in [-0.1, -0.05) is 45.0 Å². The van der Waals surface area contributed by atoms with Crippen molar-refractivity contribution in [1.82, 2.24) is 9.80 Å². The summed E-state index contributed by atoms with van der Waals surface area (Å²) in [6.45, 7) is 9.87. The van der Waals surface area contributed by atoms with Gasteiger partial charge in [0.1, 0.15) is 24.4 Å². The molecule has 1 fully saturated rings. The average Bonchev–Trinajstić information content (AvgIpc) is 3.34. The van der Waals surface area contributed by atoms with Crippen LogP contribution in [-0.2, 0) is 13.9 Å². The average molecular weight is 597 g/mol. The van der Waals surface area contributed by atoms with Gasteiger partial charge in [0.2, 0.25) is 0 Å². The standard InChI is InChI=1S/C30H36N2O9Si/c1-30(2,3)42(4,5)40-16-21-23(33)24(34)22(32-27(37)19-12-8-9-13-20(19)28(32)38)29(41-21)39-15-14-31-25(35)17-10-6-7-11-18(17)26(31)36/h6-13,21-24,29,33-34H,14-16H2,1-5H3/t21-,22+,23-,24-,29+/m1/s1. The van der Waals surface area contributed by atoms with E-state index >= 15 is 0 Å². The summed E-state index contributed by atoms with van der Waals surface area (Å²) in [5, 5.41) is 22.3. The molecule has 0 aliphatic carbocycles. The van der Waals surface area contributed by atoms with E-state index in [0.717, 1.165) is 9.80 Å². The second-order valence-electron chi connectivity index (χ2n) is 12.3.